The highest BCUT2D eigenvalue weighted by molar-refractivity contribution is 5.88. The van der Waals surface area contributed by atoms with Crippen LogP contribution in [0.4, 0.5) is 0 Å². The van der Waals surface area contributed by atoms with E-state index in [9.17, 15) is 9.59 Å². The molecule has 0 heterocycles. The highest BCUT2D eigenvalue weighted by Gasteiger charge is 2.63. The van der Waals surface area contributed by atoms with Gasteiger partial charge in [0.2, 0.25) is 0 Å². The van der Waals surface area contributed by atoms with E-state index in [2.05, 4.69) is 9.47 Å². The molecule has 6 nitrogen and oxygen atoms in total. The Labute approximate surface area is 86.9 Å². The zero-order valence-electron chi connectivity index (χ0n) is 8.47. The fourth-order valence-corrected chi connectivity index (χ4v) is 1.75. The highest BCUT2D eigenvalue weighted by Crippen LogP contribution is 2.49. The van der Waals surface area contributed by atoms with Gasteiger partial charge in [-0.05, 0) is 0 Å². The summed E-state index contributed by atoms with van der Waals surface area (Å²) in [6, 6.07) is 0.958. The Morgan fingerprint density at radius 2 is 1.67 bits per heavy atom. The normalized spacial score (nSPS) is 29.9. The van der Waals surface area contributed by atoms with Crippen molar-refractivity contribution >= 4 is 11.9 Å². The molecule has 2 N–H and O–H groups in total. The minimum atomic E-state index is -0.849. The second-order valence-corrected chi connectivity index (χ2v) is 3.33. The predicted molar refractivity (Wildman–Crippen MR) is 48.1 cm³/mol. The average molecular weight is 212 g/mol. The number of rotatable bonds is 3. The molecular weight excluding hydrogens is 200 g/mol. The van der Waals surface area contributed by atoms with E-state index in [1.165, 1.54) is 14.2 Å². The average Bonchev–Trinajstić information content (AvgIpc) is 3.00. The van der Waals surface area contributed by atoms with Gasteiger partial charge in [-0.15, -0.1) is 0 Å². The fraction of sp³-hybridized carbons (Fsp3) is 0.667. The van der Waals surface area contributed by atoms with Gasteiger partial charge in [-0.25, -0.2) is 0 Å². The molecule has 1 fully saturated rings. The highest BCUT2D eigenvalue weighted by atomic mass is 16.5. The van der Waals surface area contributed by atoms with Gasteiger partial charge in [-0.3, -0.25) is 9.59 Å². The molecule has 82 valence electrons. The zero-order valence-corrected chi connectivity index (χ0v) is 8.47. The van der Waals surface area contributed by atoms with Crippen LogP contribution in [0.1, 0.15) is 0 Å². The van der Waals surface area contributed by atoms with Crippen LogP contribution in [0.25, 0.3) is 0 Å². The van der Waals surface area contributed by atoms with Crippen molar-refractivity contribution in [2.75, 3.05) is 14.2 Å². The van der Waals surface area contributed by atoms with Crippen molar-refractivity contribution in [2.45, 2.75) is 6.04 Å². The third-order valence-electron chi connectivity index (χ3n) is 2.59. The van der Waals surface area contributed by atoms with Gasteiger partial charge in [0.15, 0.2) is 0 Å². The number of methoxy groups -OCH3 is 2. The molecule has 1 saturated carbocycles. The number of nitriles is 1. The minimum Gasteiger partial charge on any atom is -0.469 e. The molecule has 1 aliphatic carbocycles. The van der Waals surface area contributed by atoms with Crippen LogP contribution >= 0.6 is 0 Å². The summed E-state index contributed by atoms with van der Waals surface area (Å²) in [5.74, 6) is -2.83. The van der Waals surface area contributed by atoms with Gasteiger partial charge in [0, 0.05) is 5.92 Å². The Morgan fingerprint density at radius 1 is 1.27 bits per heavy atom. The number of hydrogen-bond acceptors (Lipinski definition) is 6. The topological polar surface area (TPSA) is 102 Å². The molecule has 0 amide bonds. The van der Waals surface area contributed by atoms with Crippen molar-refractivity contribution in [2.24, 2.45) is 23.5 Å². The molecule has 3 atom stereocenters. The SMILES string of the molecule is COC(=O)[C@@H]1C([C@H](N)C#N)[C@H]1C(=O)OC. The largest absolute Gasteiger partial charge is 0.469 e. The number of carbonyl (C=O) groups is 2. The van der Waals surface area contributed by atoms with Gasteiger partial charge in [-0.1, -0.05) is 0 Å². The molecule has 0 aromatic carbocycles. The summed E-state index contributed by atoms with van der Waals surface area (Å²) in [7, 11) is 2.45. The summed E-state index contributed by atoms with van der Waals surface area (Å²) in [4.78, 5) is 22.5. The minimum absolute atomic E-state index is 0.491. The summed E-state index contributed by atoms with van der Waals surface area (Å²) < 4.78 is 9.02. The second-order valence-electron chi connectivity index (χ2n) is 3.33. The Bertz CT molecular complexity index is 301. The first kappa shape index (κ1) is 11.5. The van der Waals surface area contributed by atoms with E-state index in [4.69, 9.17) is 11.0 Å². The predicted octanol–water partition coefficient (Wildman–Crippen LogP) is -0.955. The van der Waals surface area contributed by atoms with E-state index in [-0.39, 0.29) is 0 Å². The van der Waals surface area contributed by atoms with Gasteiger partial charge < -0.3 is 15.2 Å². The van der Waals surface area contributed by atoms with Crippen LogP contribution < -0.4 is 5.73 Å². The molecular formula is C9H12N2O4. The Hall–Kier alpha value is -1.61. The molecule has 1 rings (SSSR count). The summed E-state index contributed by atoms with van der Waals surface area (Å²) in [5.41, 5.74) is 5.47. The molecule has 0 aromatic heterocycles. The lowest BCUT2D eigenvalue weighted by molar-refractivity contribution is -0.148. The molecule has 6 heteroatoms. The first-order chi connectivity index (χ1) is 7.08. The summed E-state index contributed by atoms with van der Waals surface area (Å²) in [5, 5.41) is 8.61. The van der Waals surface area contributed by atoms with E-state index in [0.717, 1.165) is 0 Å². The maximum Gasteiger partial charge on any atom is 0.309 e. The number of ether oxygens (including phenoxy) is 2. The Morgan fingerprint density at radius 3 is 1.93 bits per heavy atom. The van der Waals surface area contributed by atoms with Crippen LogP contribution in [0.5, 0.6) is 0 Å². The van der Waals surface area contributed by atoms with Crippen molar-refractivity contribution in [3.63, 3.8) is 0 Å². The van der Waals surface area contributed by atoms with E-state index in [1.807, 2.05) is 0 Å². The van der Waals surface area contributed by atoms with Crippen molar-refractivity contribution < 1.29 is 19.1 Å². The van der Waals surface area contributed by atoms with Crippen LogP contribution in [0.3, 0.4) is 0 Å². The number of nitrogens with two attached hydrogens (primary N) is 1. The third-order valence-corrected chi connectivity index (χ3v) is 2.59. The molecule has 0 aliphatic heterocycles. The number of esters is 2. The van der Waals surface area contributed by atoms with Crippen LogP contribution in [-0.4, -0.2) is 32.2 Å². The van der Waals surface area contributed by atoms with E-state index in [1.54, 1.807) is 6.07 Å². The van der Waals surface area contributed by atoms with Gasteiger partial charge in [0.1, 0.15) is 0 Å². The summed E-state index contributed by atoms with van der Waals surface area (Å²) in [6.45, 7) is 0. The van der Waals surface area contributed by atoms with Gasteiger partial charge in [-0.2, -0.15) is 5.26 Å². The van der Waals surface area contributed by atoms with Crippen LogP contribution in [0.2, 0.25) is 0 Å². The fourth-order valence-electron chi connectivity index (χ4n) is 1.75. The van der Waals surface area contributed by atoms with Crippen molar-refractivity contribution in [1.82, 2.24) is 0 Å². The molecule has 0 spiro atoms. The third kappa shape index (κ3) is 1.92. The van der Waals surface area contributed by atoms with Gasteiger partial charge in [0.25, 0.3) is 0 Å². The standard InChI is InChI=1S/C9H12N2O4/c1-14-8(12)6-5(4(11)3-10)7(6)9(13)15-2/h4-7H,11H2,1-2H3/t4-,6-,7-/m1/s1. The Balaban J connectivity index is 2.76. The molecule has 0 unspecified atom stereocenters. The van der Waals surface area contributed by atoms with Crippen LogP contribution in [0, 0.1) is 29.1 Å². The van der Waals surface area contributed by atoms with Crippen molar-refractivity contribution in [1.29, 1.82) is 5.26 Å². The number of carbonyl (C=O) groups excluding carboxylic acids is 2. The number of hydrogen-bond donors (Lipinski definition) is 1. The van der Waals surface area contributed by atoms with Crippen LogP contribution in [-0.2, 0) is 19.1 Å². The molecule has 15 heavy (non-hydrogen) atoms. The smallest absolute Gasteiger partial charge is 0.309 e. The molecule has 0 saturated heterocycles. The molecule has 1 aliphatic rings. The first-order valence-electron chi connectivity index (χ1n) is 4.39. The lowest BCUT2D eigenvalue weighted by Crippen LogP contribution is -2.23. The van der Waals surface area contributed by atoms with E-state index >= 15 is 0 Å². The monoisotopic (exact) mass is 212 g/mol. The maximum absolute atomic E-state index is 11.2. The number of nitrogens with zero attached hydrogens (tertiary/aromatic N) is 1. The van der Waals surface area contributed by atoms with Gasteiger partial charge >= 0.3 is 11.9 Å². The van der Waals surface area contributed by atoms with E-state index in [0.29, 0.717) is 0 Å². The van der Waals surface area contributed by atoms with Crippen molar-refractivity contribution in [3.8, 4) is 6.07 Å². The van der Waals surface area contributed by atoms with Gasteiger partial charge in [0.05, 0.1) is 38.2 Å². The lowest BCUT2D eigenvalue weighted by atomic mass is 10.2. The Kier molecular flexibility index (Phi) is 3.27. The van der Waals surface area contributed by atoms with Crippen molar-refractivity contribution in [3.05, 3.63) is 0 Å². The molecule has 0 radical (unpaired) electrons. The van der Waals surface area contributed by atoms with Crippen LogP contribution in [0.15, 0.2) is 0 Å². The summed E-state index contributed by atoms with van der Waals surface area (Å²) >= 11 is 0. The zero-order chi connectivity index (χ0) is 11.6. The lowest BCUT2D eigenvalue weighted by Gasteiger charge is -1.98. The second kappa shape index (κ2) is 4.28. The quantitative estimate of drug-likeness (QED) is 0.605. The molecule has 0 bridgehead atoms. The molecule has 0 aromatic rings. The summed E-state index contributed by atoms with van der Waals surface area (Å²) in [6.07, 6.45) is 0. The first-order valence-corrected chi connectivity index (χ1v) is 4.39. The van der Waals surface area contributed by atoms with E-state index < -0.39 is 35.7 Å². The maximum atomic E-state index is 11.2.